The summed E-state index contributed by atoms with van der Waals surface area (Å²) in [6.45, 7) is 1.59. The minimum atomic E-state index is -4.45. The van der Waals surface area contributed by atoms with E-state index in [1.54, 1.807) is 6.92 Å². The van der Waals surface area contributed by atoms with Crippen LogP contribution >= 0.6 is 0 Å². The third kappa shape index (κ3) is 4.67. The first kappa shape index (κ1) is 24.2. The molecule has 0 unspecified atom stereocenters. The molecular formula is C18H25N5O7S2. The number of hydrogen-bond donors (Lipinski definition) is 1. The SMILES string of the molecule is Cc1nc(C2(NS(=O)(=O)c3ccc(S(=O)(=O)N(C)C)cc3[N+](=O)[O-])CCCCCC2)no1. The largest absolute Gasteiger partial charge is 0.340 e. The van der Waals surface area contributed by atoms with E-state index in [1.165, 1.54) is 14.1 Å². The van der Waals surface area contributed by atoms with Crippen molar-refractivity contribution in [2.75, 3.05) is 14.1 Å². The van der Waals surface area contributed by atoms with Crippen LogP contribution < -0.4 is 4.72 Å². The van der Waals surface area contributed by atoms with Crippen LogP contribution in [0.2, 0.25) is 0 Å². The normalized spacial score (nSPS) is 17.2. The van der Waals surface area contributed by atoms with E-state index in [2.05, 4.69) is 14.9 Å². The average Bonchev–Trinajstić information content (AvgIpc) is 3.03. The number of nitro groups is 1. The second-order valence-corrected chi connectivity index (χ2v) is 11.7. The van der Waals surface area contributed by atoms with Crippen LogP contribution in [0.5, 0.6) is 0 Å². The summed E-state index contributed by atoms with van der Waals surface area (Å²) < 4.78 is 60.0. The molecule has 0 atom stereocenters. The van der Waals surface area contributed by atoms with E-state index in [0.717, 1.165) is 35.3 Å². The average molecular weight is 488 g/mol. The van der Waals surface area contributed by atoms with E-state index in [-0.39, 0.29) is 16.6 Å². The molecule has 32 heavy (non-hydrogen) atoms. The standard InChI is InChI=1S/C18H25N5O7S2/c1-13-19-17(20-30-13)18(10-6-4-5-7-11-18)21-31(26,27)16-9-8-14(12-15(16)23(24)25)32(28,29)22(2)3/h8-9,12,21H,4-7,10-11H2,1-3H3. The predicted molar refractivity (Wildman–Crippen MR) is 113 cm³/mol. The molecule has 1 saturated carbocycles. The fraction of sp³-hybridized carbons (Fsp3) is 0.556. The Bertz CT molecular complexity index is 1210. The maximum atomic E-state index is 13.4. The van der Waals surface area contributed by atoms with E-state index >= 15 is 0 Å². The van der Waals surface area contributed by atoms with Crippen LogP contribution in [0, 0.1) is 17.0 Å². The van der Waals surface area contributed by atoms with Gasteiger partial charge >= 0.3 is 0 Å². The molecule has 1 heterocycles. The van der Waals surface area contributed by atoms with E-state index in [0.29, 0.717) is 25.7 Å². The molecule has 1 N–H and O–H groups in total. The number of rotatable bonds is 7. The van der Waals surface area contributed by atoms with Crippen LogP contribution in [0.3, 0.4) is 0 Å². The van der Waals surface area contributed by atoms with Crippen molar-refractivity contribution in [2.45, 2.75) is 60.8 Å². The predicted octanol–water partition coefficient (Wildman–Crippen LogP) is 2.06. The van der Waals surface area contributed by atoms with Gasteiger partial charge in [-0.1, -0.05) is 30.8 Å². The summed E-state index contributed by atoms with van der Waals surface area (Å²) in [6.07, 6.45) is 4.00. The molecule has 3 rings (SSSR count). The van der Waals surface area contributed by atoms with Gasteiger partial charge in [-0.05, 0) is 25.0 Å². The number of nitrogens with zero attached hydrogens (tertiary/aromatic N) is 4. The van der Waals surface area contributed by atoms with Gasteiger partial charge in [0.1, 0.15) is 0 Å². The van der Waals surface area contributed by atoms with Gasteiger partial charge in [0.2, 0.25) is 25.9 Å². The number of nitrogens with one attached hydrogen (secondary N) is 1. The van der Waals surface area contributed by atoms with Crippen LogP contribution in [0.4, 0.5) is 5.69 Å². The first-order valence-electron chi connectivity index (χ1n) is 9.95. The van der Waals surface area contributed by atoms with E-state index in [1.807, 2.05) is 0 Å². The lowest BCUT2D eigenvalue weighted by molar-refractivity contribution is -0.388. The van der Waals surface area contributed by atoms with E-state index in [4.69, 9.17) is 4.52 Å². The highest BCUT2D eigenvalue weighted by molar-refractivity contribution is 7.90. The summed E-state index contributed by atoms with van der Waals surface area (Å²) in [4.78, 5) is 14.0. The zero-order valence-corrected chi connectivity index (χ0v) is 19.6. The van der Waals surface area contributed by atoms with Gasteiger partial charge in [0.05, 0.1) is 15.4 Å². The Hall–Kier alpha value is -2.42. The fourth-order valence-corrected chi connectivity index (χ4v) is 6.25. The van der Waals surface area contributed by atoms with Crippen molar-refractivity contribution in [1.82, 2.24) is 19.2 Å². The summed E-state index contributed by atoms with van der Waals surface area (Å²) in [5.41, 5.74) is -2.02. The first-order chi connectivity index (χ1) is 14.9. The highest BCUT2D eigenvalue weighted by Gasteiger charge is 2.43. The molecule has 176 valence electrons. The minimum Gasteiger partial charge on any atom is -0.340 e. The summed E-state index contributed by atoms with van der Waals surface area (Å²) in [7, 11) is -5.90. The van der Waals surface area contributed by atoms with Crippen LogP contribution in [-0.2, 0) is 25.6 Å². The maximum Gasteiger partial charge on any atom is 0.290 e. The highest BCUT2D eigenvalue weighted by atomic mass is 32.2. The van der Waals surface area contributed by atoms with Gasteiger partial charge in [-0.3, -0.25) is 10.1 Å². The Morgan fingerprint density at radius 3 is 2.25 bits per heavy atom. The summed E-state index contributed by atoms with van der Waals surface area (Å²) in [6, 6.07) is 2.72. The lowest BCUT2D eigenvalue weighted by atomic mass is 9.91. The fourth-order valence-electron chi connectivity index (χ4n) is 3.75. The van der Waals surface area contributed by atoms with Gasteiger partial charge in [0.25, 0.3) is 5.69 Å². The zero-order chi connectivity index (χ0) is 23.7. The third-order valence-corrected chi connectivity index (χ3v) is 8.83. The quantitative estimate of drug-likeness (QED) is 0.349. The van der Waals surface area contributed by atoms with Gasteiger partial charge in [-0.2, -0.15) is 9.71 Å². The summed E-state index contributed by atoms with van der Waals surface area (Å²) >= 11 is 0. The molecule has 1 fully saturated rings. The van der Waals surface area contributed by atoms with Gasteiger partial charge in [0.15, 0.2) is 10.7 Å². The number of benzene rings is 1. The number of sulfonamides is 2. The number of aryl methyl sites for hydroxylation is 1. The third-order valence-electron chi connectivity index (χ3n) is 5.44. The number of nitro benzene ring substituents is 1. The Kier molecular flexibility index (Phi) is 6.70. The monoisotopic (exact) mass is 487 g/mol. The van der Waals surface area contributed by atoms with Gasteiger partial charge < -0.3 is 4.52 Å². The summed E-state index contributed by atoms with van der Waals surface area (Å²) in [5, 5.41) is 15.6. The van der Waals surface area contributed by atoms with E-state index in [9.17, 15) is 26.9 Å². The van der Waals surface area contributed by atoms with Crippen molar-refractivity contribution in [3.05, 3.63) is 40.0 Å². The van der Waals surface area contributed by atoms with Crippen molar-refractivity contribution in [3.8, 4) is 0 Å². The number of aromatic nitrogens is 2. The van der Waals surface area contributed by atoms with Gasteiger partial charge in [-0.25, -0.2) is 21.1 Å². The maximum absolute atomic E-state index is 13.4. The molecule has 0 bridgehead atoms. The second-order valence-electron chi connectivity index (χ2n) is 7.91. The molecule has 0 aliphatic heterocycles. The molecule has 1 aliphatic rings. The molecule has 0 saturated heterocycles. The molecule has 0 radical (unpaired) electrons. The topological polar surface area (TPSA) is 166 Å². The molecule has 1 aliphatic carbocycles. The first-order valence-corrected chi connectivity index (χ1v) is 12.9. The minimum absolute atomic E-state index is 0.176. The van der Waals surface area contributed by atoms with Gasteiger partial charge in [-0.15, -0.1) is 0 Å². The molecule has 14 heteroatoms. The number of hydrogen-bond acceptors (Lipinski definition) is 9. The van der Waals surface area contributed by atoms with Gasteiger partial charge in [0, 0.05) is 27.1 Å². The smallest absolute Gasteiger partial charge is 0.290 e. The molecule has 1 aromatic heterocycles. The molecular weight excluding hydrogens is 462 g/mol. The van der Waals surface area contributed by atoms with Crippen LogP contribution in [-0.4, -0.2) is 50.3 Å². The van der Waals surface area contributed by atoms with Crippen molar-refractivity contribution >= 4 is 25.7 Å². The Labute approximate surface area is 186 Å². The molecule has 0 spiro atoms. The van der Waals surface area contributed by atoms with Crippen LogP contribution in [0.15, 0.2) is 32.5 Å². The lowest BCUT2D eigenvalue weighted by Crippen LogP contribution is -2.46. The molecule has 12 nitrogen and oxygen atoms in total. The van der Waals surface area contributed by atoms with Crippen molar-refractivity contribution in [2.24, 2.45) is 0 Å². The highest BCUT2D eigenvalue weighted by Crippen LogP contribution is 2.37. The van der Waals surface area contributed by atoms with Crippen molar-refractivity contribution in [3.63, 3.8) is 0 Å². The van der Waals surface area contributed by atoms with Crippen molar-refractivity contribution in [1.29, 1.82) is 0 Å². The zero-order valence-electron chi connectivity index (χ0n) is 17.9. The summed E-state index contributed by atoms with van der Waals surface area (Å²) in [5.74, 6) is 0.446. The van der Waals surface area contributed by atoms with Crippen LogP contribution in [0.25, 0.3) is 0 Å². The Morgan fingerprint density at radius 2 is 1.75 bits per heavy atom. The Balaban J connectivity index is 2.10. The molecule has 0 amide bonds. The van der Waals surface area contributed by atoms with Crippen LogP contribution in [0.1, 0.15) is 50.2 Å². The van der Waals surface area contributed by atoms with Crippen molar-refractivity contribution < 1.29 is 26.3 Å². The van der Waals surface area contributed by atoms with E-state index < -0.39 is 41.1 Å². The molecule has 2 aromatic rings. The lowest BCUT2D eigenvalue weighted by Gasteiger charge is -2.30. The second kappa shape index (κ2) is 8.84. The molecule has 1 aromatic carbocycles. The Morgan fingerprint density at radius 1 is 1.12 bits per heavy atom.